The molecule has 2 rings (SSSR count). The number of benzene rings is 1. The average molecular weight is 190 g/mol. The highest BCUT2D eigenvalue weighted by Gasteiger charge is 2.22. The molecule has 1 N–H and O–H groups in total. The van der Waals surface area contributed by atoms with Gasteiger partial charge in [-0.3, -0.25) is 0 Å². The molecule has 0 aromatic heterocycles. The smallest absolute Gasteiger partial charge is 0.0459 e. The average Bonchev–Trinajstić information content (AvgIpc) is 2.30. The van der Waals surface area contributed by atoms with Crippen LogP contribution in [0.4, 0.5) is 0 Å². The van der Waals surface area contributed by atoms with Crippen LogP contribution in [-0.2, 0) is 0 Å². The molecule has 1 fully saturated rings. The monoisotopic (exact) mass is 190 g/mol. The number of hydrogen-bond donors (Lipinski definition) is 1. The first-order valence-corrected chi connectivity index (χ1v) is 5.56. The number of rotatable bonds is 2. The second-order valence-electron chi connectivity index (χ2n) is 4.32. The molecule has 1 aromatic carbocycles. The van der Waals surface area contributed by atoms with Crippen molar-refractivity contribution in [2.45, 2.75) is 31.6 Å². The van der Waals surface area contributed by atoms with E-state index in [9.17, 15) is 0 Å². The standard InChI is InChI=1S/C13H18O/c14-10-11-5-4-8-13(9-11)12-6-2-1-3-7-12/h1-3,6-7,11,13-14H,4-5,8-10H2/t11-,13+/m0/s1. The van der Waals surface area contributed by atoms with Gasteiger partial charge in [-0.05, 0) is 36.7 Å². The third kappa shape index (κ3) is 2.16. The van der Waals surface area contributed by atoms with Crippen molar-refractivity contribution in [1.29, 1.82) is 0 Å². The normalized spacial score (nSPS) is 27.5. The molecule has 0 saturated heterocycles. The fourth-order valence-electron chi connectivity index (χ4n) is 2.48. The minimum absolute atomic E-state index is 0.364. The molecule has 1 aliphatic carbocycles. The van der Waals surface area contributed by atoms with Crippen molar-refractivity contribution >= 4 is 0 Å². The number of aliphatic hydroxyl groups excluding tert-OH is 1. The summed E-state index contributed by atoms with van der Waals surface area (Å²) in [4.78, 5) is 0. The third-order valence-corrected chi connectivity index (χ3v) is 3.31. The molecule has 1 aromatic rings. The number of hydrogen-bond acceptors (Lipinski definition) is 1. The Morgan fingerprint density at radius 1 is 1.14 bits per heavy atom. The summed E-state index contributed by atoms with van der Waals surface area (Å²) in [7, 11) is 0. The van der Waals surface area contributed by atoms with E-state index in [0.717, 1.165) is 0 Å². The van der Waals surface area contributed by atoms with Gasteiger partial charge in [-0.2, -0.15) is 0 Å². The van der Waals surface area contributed by atoms with Gasteiger partial charge in [0.25, 0.3) is 0 Å². The van der Waals surface area contributed by atoms with Gasteiger partial charge in [0.2, 0.25) is 0 Å². The van der Waals surface area contributed by atoms with Crippen LogP contribution in [0.25, 0.3) is 0 Å². The summed E-state index contributed by atoms with van der Waals surface area (Å²) in [5.41, 5.74) is 1.45. The van der Waals surface area contributed by atoms with Crippen LogP contribution in [0.5, 0.6) is 0 Å². The minimum atomic E-state index is 0.364. The van der Waals surface area contributed by atoms with E-state index in [0.29, 0.717) is 18.4 Å². The van der Waals surface area contributed by atoms with Crippen LogP contribution in [0.1, 0.15) is 37.2 Å². The molecule has 0 heterocycles. The Balaban J connectivity index is 2.04. The van der Waals surface area contributed by atoms with Crippen molar-refractivity contribution in [1.82, 2.24) is 0 Å². The quantitative estimate of drug-likeness (QED) is 0.760. The molecule has 0 bridgehead atoms. The topological polar surface area (TPSA) is 20.2 Å². The Labute approximate surface area is 85.8 Å². The summed E-state index contributed by atoms with van der Waals surface area (Å²) in [5, 5.41) is 9.16. The summed E-state index contributed by atoms with van der Waals surface area (Å²) >= 11 is 0. The van der Waals surface area contributed by atoms with Gasteiger partial charge in [0.05, 0.1) is 0 Å². The molecule has 1 saturated carbocycles. The van der Waals surface area contributed by atoms with Crippen molar-refractivity contribution in [2.75, 3.05) is 6.61 Å². The first-order valence-electron chi connectivity index (χ1n) is 5.56. The molecule has 0 aliphatic heterocycles. The highest BCUT2D eigenvalue weighted by atomic mass is 16.3. The molecule has 0 unspecified atom stereocenters. The zero-order valence-electron chi connectivity index (χ0n) is 8.52. The molecule has 1 nitrogen and oxygen atoms in total. The van der Waals surface area contributed by atoms with Crippen LogP contribution in [0.2, 0.25) is 0 Å². The molecule has 1 aliphatic rings. The summed E-state index contributed by atoms with van der Waals surface area (Å²) < 4.78 is 0. The summed E-state index contributed by atoms with van der Waals surface area (Å²) in [5.74, 6) is 1.22. The molecule has 2 atom stereocenters. The highest BCUT2D eigenvalue weighted by molar-refractivity contribution is 5.19. The second kappa shape index (κ2) is 4.61. The van der Waals surface area contributed by atoms with E-state index in [4.69, 9.17) is 5.11 Å². The van der Waals surface area contributed by atoms with Crippen LogP contribution in [0.15, 0.2) is 30.3 Å². The lowest BCUT2D eigenvalue weighted by Crippen LogP contribution is -2.16. The van der Waals surface area contributed by atoms with Crippen molar-refractivity contribution < 1.29 is 5.11 Å². The predicted molar refractivity (Wildman–Crippen MR) is 58.2 cm³/mol. The zero-order chi connectivity index (χ0) is 9.80. The first kappa shape index (κ1) is 9.72. The van der Waals surface area contributed by atoms with Gasteiger partial charge in [0, 0.05) is 6.61 Å². The van der Waals surface area contributed by atoms with E-state index in [1.807, 2.05) is 0 Å². The van der Waals surface area contributed by atoms with Gasteiger partial charge in [-0.1, -0.05) is 36.8 Å². The SMILES string of the molecule is OC[C@H]1CCC[C@@H](c2ccccc2)C1. The van der Waals surface area contributed by atoms with Crippen LogP contribution in [0.3, 0.4) is 0 Å². The third-order valence-electron chi connectivity index (χ3n) is 3.31. The molecule has 1 heteroatoms. The number of aliphatic hydroxyl groups is 1. The molecule has 76 valence electrons. The maximum atomic E-state index is 9.16. The molecule has 14 heavy (non-hydrogen) atoms. The van der Waals surface area contributed by atoms with E-state index in [1.54, 1.807) is 0 Å². The van der Waals surface area contributed by atoms with E-state index in [1.165, 1.54) is 31.2 Å². The zero-order valence-corrected chi connectivity index (χ0v) is 8.52. The summed E-state index contributed by atoms with van der Waals surface area (Å²) in [6.45, 7) is 0.364. The summed E-state index contributed by atoms with van der Waals surface area (Å²) in [6.07, 6.45) is 4.94. The maximum absolute atomic E-state index is 9.16. The molecule has 0 radical (unpaired) electrons. The van der Waals surface area contributed by atoms with Crippen LogP contribution in [-0.4, -0.2) is 11.7 Å². The molecular weight excluding hydrogens is 172 g/mol. The molecular formula is C13H18O. The second-order valence-corrected chi connectivity index (χ2v) is 4.32. The van der Waals surface area contributed by atoms with E-state index in [2.05, 4.69) is 30.3 Å². The van der Waals surface area contributed by atoms with E-state index >= 15 is 0 Å². The highest BCUT2D eigenvalue weighted by Crippen LogP contribution is 2.35. The molecule has 0 spiro atoms. The Hall–Kier alpha value is -0.820. The van der Waals surface area contributed by atoms with Crippen LogP contribution >= 0.6 is 0 Å². The fraction of sp³-hybridized carbons (Fsp3) is 0.538. The van der Waals surface area contributed by atoms with Crippen LogP contribution < -0.4 is 0 Å². The Morgan fingerprint density at radius 3 is 2.64 bits per heavy atom. The van der Waals surface area contributed by atoms with Crippen molar-refractivity contribution in [3.8, 4) is 0 Å². The van der Waals surface area contributed by atoms with Gasteiger partial charge in [-0.15, -0.1) is 0 Å². The van der Waals surface area contributed by atoms with E-state index in [-0.39, 0.29) is 0 Å². The van der Waals surface area contributed by atoms with Gasteiger partial charge >= 0.3 is 0 Å². The molecule has 0 amide bonds. The Morgan fingerprint density at radius 2 is 1.93 bits per heavy atom. The van der Waals surface area contributed by atoms with Crippen LogP contribution in [0, 0.1) is 5.92 Å². The van der Waals surface area contributed by atoms with Gasteiger partial charge in [0.15, 0.2) is 0 Å². The van der Waals surface area contributed by atoms with Crippen molar-refractivity contribution in [2.24, 2.45) is 5.92 Å². The van der Waals surface area contributed by atoms with E-state index < -0.39 is 0 Å². The van der Waals surface area contributed by atoms with Crippen molar-refractivity contribution in [3.05, 3.63) is 35.9 Å². The minimum Gasteiger partial charge on any atom is -0.396 e. The van der Waals surface area contributed by atoms with Gasteiger partial charge in [0.1, 0.15) is 0 Å². The van der Waals surface area contributed by atoms with Crippen molar-refractivity contribution in [3.63, 3.8) is 0 Å². The largest absolute Gasteiger partial charge is 0.396 e. The Bertz CT molecular complexity index is 268. The lowest BCUT2D eigenvalue weighted by atomic mass is 9.78. The maximum Gasteiger partial charge on any atom is 0.0459 e. The fourth-order valence-corrected chi connectivity index (χ4v) is 2.48. The lowest BCUT2D eigenvalue weighted by molar-refractivity contribution is 0.180. The van der Waals surface area contributed by atoms with Gasteiger partial charge < -0.3 is 5.11 Å². The first-order chi connectivity index (χ1) is 6.90. The van der Waals surface area contributed by atoms with Gasteiger partial charge in [-0.25, -0.2) is 0 Å². The predicted octanol–water partition coefficient (Wildman–Crippen LogP) is 2.95. The summed E-state index contributed by atoms with van der Waals surface area (Å²) in [6, 6.07) is 10.7. The Kier molecular flexibility index (Phi) is 3.20. The lowest BCUT2D eigenvalue weighted by Gasteiger charge is -2.28.